The van der Waals surface area contributed by atoms with Gasteiger partial charge in [-0.25, -0.2) is 4.39 Å². The lowest BCUT2D eigenvalue weighted by atomic mass is 10.00. The molecule has 3 rings (SSSR count). The zero-order chi connectivity index (χ0) is 20.6. The van der Waals surface area contributed by atoms with E-state index in [0.717, 1.165) is 16.7 Å². The summed E-state index contributed by atoms with van der Waals surface area (Å²) in [4.78, 5) is 0. The first-order valence-electron chi connectivity index (χ1n) is 9.41. The highest BCUT2D eigenvalue weighted by Crippen LogP contribution is 2.26. The van der Waals surface area contributed by atoms with Crippen molar-refractivity contribution in [1.29, 1.82) is 0 Å². The van der Waals surface area contributed by atoms with Gasteiger partial charge in [-0.05, 0) is 53.1 Å². The Balaban J connectivity index is 1.56. The molecule has 0 radical (unpaired) electrons. The largest absolute Gasteiger partial charge is 0.457 e. The third-order valence-electron chi connectivity index (χ3n) is 4.57. The van der Waals surface area contributed by atoms with Crippen LogP contribution in [0.4, 0.5) is 4.39 Å². The average Bonchev–Trinajstić information content (AvgIpc) is 2.74. The third kappa shape index (κ3) is 6.29. The zero-order valence-corrected chi connectivity index (χ0v) is 17.2. The molecule has 0 heterocycles. The molecule has 3 aromatic carbocycles. The van der Waals surface area contributed by atoms with Gasteiger partial charge in [0.25, 0.3) is 0 Å². The molecular weight excluding hydrogens is 391 g/mol. The molecule has 3 nitrogen and oxygen atoms in total. The number of hydrogen-bond acceptors (Lipinski definition) is 3. The molecule has 2 unspecified atom stereocenters. The predicted octanol–water partition coefficient (Wildman–Crippen LogP) is 6.89. The van der Waals surface area contributed by atoms with E-state index >= 15 is 0 Å². The van der Waals surface area contributed by atoms with E-state index in [1.807, 2.05) is 55.5 Å². The van der Waals surface area contributed by atoms with Gasteiger partial charge in [-0.3, -0.25) is 0 Å². The van der Waals surface area contributed by atoms with Gasteiger partial charge >= 0.3 is 0 Å². The molecule has 0 aliphatic carbocycles. The fourth-order valence-corrected chi connectivity index (χ4v) is 3.02. The summed E-state index contributed by atoms with van der Waals surface area (Å²) in [5.74, 6) is 0.965. The van der Waals surface area contributed by atoms with Crippen LogP contribution in [0.5, 0.6) is 11.5 Å². The van der Waals surface area contributed by atoms with Crippen LogP contribution in [-0.4, -0.2) is 13.5 Å². The molecular formula is C24H24ClFO3. The number of alkyl halides is 1. The first-order chi connectivity index (χ1) is 14.0. The highest BCUT2D eigenvalue weighted by Gasteiger charge is 2.19. The lowest BCUT2D eigenvalue weighted by molar-refractivity contribution is -0.0629. The summed E-state index contributed by atoms with van der Waals surface area (Å²) in [5, 5.41) is 0.649. The normalized spacial score (nSPS) is 13.1. The van der Waals surface area contributed by atoms with Gasteiger partial charge in [0.2, 0.25) is 6.36 Å². The second-order valence-electron chi connectivity index (χ2n) is 6.83. The van der Waals surface area contributed by atoms with Crippen LogP contribution in [-0.2, 0) is 22.7 Å². The SMILES string of the molecule is COCc1ccc(C(C)C(F)OCc2cccc(Oc3ccc(Cl)cc3)c2)cc1. The zero-order valence-electron chi connectivity index (χ0n) is 16.5. The molecule has 152 valence electrons. The van der Waals surface area contributed by atoms with E-state index in [1.165, 1.54) is 0 Å². The van der Waals surface area contributed by atoms with Crippen LogP contribution in [0.3, 0.4) is 0 Å². The van der Waals surface area contributed by atoms with Gasteiger partial charge in [0.05, 0.1) is 13.2 Å². The van der Waals surface area contributed by atoms with Crippen molar-refractivity contribution in [3.63, 3.8) is 0 Å². The summed E-state index contributed by atoms with van der Waals surface area (Å²) in [6, 6.07) is 22.2. The highest BCUT2D eigenvalue weighted by atomic mass is 35.5. The van der Waals surface area contributed by atoms with Gasteiger partial charge in [0, 0.05) is 18.1 Å². The fraction of sp³-hybridized carbons (Fsp3) is 0.250. The number of benzene rings is 3. The molecule has 0 aliphatic rings. The minimum Gasteiger partial charge on any atom is -0.457 e. The van der Waals surface area contributed by atoms with Crippen LogP contribution in [0.2, 0.25) is 5.02 Å². The summed E-state index contributed by atoms with van der Waals surface area (Å²) < 4.78 is 31.0. The molecule has 0 saturated carbocycles. The lowest BCUT2D eigenvalue weighted by Gasteiger charge is -2.18. The van der Waals surface area contributed by atoms with Crippen molar-refractivity contribution in [2.24, 2.45) is 0 Å². The smallest absolute Gasteiger partial charge is 0.205 e. The van der Waals surface area contributed by atoms with E-state index in [-0.39, 0.29) is 12.5 Å². The summed E-state index contributed by atoms with van der Waals surface area (Å²) in [5.41, 5.74) is 2.77. The van der Waals surface area contributed by atoms with Crippen LogP contribution in [0.25, 0.3) is 0 Å². The quantitative estimate of drug-likeness (QED) is 0.381. The van der Waals surface area contributed by atoms with Crippen LogP contribution in [0.1, 0.15) is 29.5 Å². The predicted molar refractivity (Wildman–Crippen MR) is 113 cm³/mol. The van der Waals surface area contributed by atoms with Crippen molar-refractivity contribution >= 4 is 11.6 Å². The molecule has 0 bridgehead atoms. The van der Waals surface area contributed by atoms with E-state index < -0.39 is 6.36 Å². The van der Waals surface area contributed by atoms with Crippen LogP contribution in [0, 0.1) is 0 Å². The number of hydrogen-bond donors (Lipinski definition) is 0. The molecule has 29 heavy (non-hydrogen) atoms. The van der Waals surface area contributed by atoms with E-state index in [9.17, 15) is 4.39 Å². The van der Waals surface area contributed by atoms with Crippen LogP contribution >= 0.6 is 11.6 Å². The molecule has 0 saturated heterocycles. The highest BCUT2D eigenvalue weighted by molar-refractivity contribution is 6.30. The topological polar surface area (TPSA) is 27.7 Å². The minimum absolute atomic E-state index is 0.158. The molecule has 5 heteroatoms. The Hall–Kier alpha value is -2.40. The van der Waals surface area contributed by atoms with Gasteiger partial charge in [-0.1, -0.05) is 54.9 Å². The van der Waals surface area contributed by atoms with Gasteiger partial charge in [0.1, 0.15) is 11.5 Å². The summed E-state index contributed by atoms with van der Waals surface area (Å²) in [6.07, 6.45) is -1.41. The van der Waals surface area contributed by atoms with Gasteiger partial charge in [-0.15, -0.1) is 0 Å². The van der Waals surface area contributed by atoms with Gasteiger partial charge in [0.15, 0.2) is 0 Å². The first kappa shape index (κ1) is 21.3. The standard InChI is InChI=1S/C24H24ClFO3/c1-17(20-8-6-18(7-9-20)15-27-2)24(26)28-16-19-4-3-5-23(14-19)29-22-12-10-21(25)11-13-22/h3-14,17,24H,15-16H2,1-2H3. The Kier molecular flexibility index (Phi) is 7.64. The maximum Gasteiger partial charge on any atom is 0.205 e. The van der Waals surface area contributed by atoms with Crippen molar-refractivity contribution in [3.05, 3.63) is 94.5 Å². The number of methoxy groups -OCH3 is 1. The average molecular weight is 415 g/mol. The minimum atomic E-state index is -1.41. The summed E-state index contributed by atoms with van der Waals surface area (Å²) in [7, 11) is 1.65. The second-order valence-corrected chi connectivity index (χ2v) is 7.27. The van der Waals surface area contributed by atoms with E-state index in [4.69, 9.17) is 25.8 Å². The Morgan fingerprint density at radius 3 is 2.28 bits per heavy atom. The lowest BCUT2D eigenvalue weighted by Crippen LogP contribution is -2.15. The second kappa shape index (κ2) is 10.4. The van der Waals surface area contributed by atoms with Crippen LogP contribution in [0.15, 0.2) is 72.8 Å². The van der Waals surface area contributed by atoms with Crippen molar-refractivity contribution in [1.82, 2.24) is 0 Å². The fourth-order valence-electron chi connectivity index (χ4n) is 2.89. The summed E-state index contributed by atoms with van der Waals surface area (Å²) in [6.45, 7) is 2.51. The molecule has 0 N–H and O–H groups in total. The Morgan fingerprint density at radius 2 is 1.59 bits per heavy atom. The molecule has 0 aliphatic heterocycles. The first-order valence-corrected chi connectivity index (χ1v) is 9.79. The molecule has 3 aromatic rings. The number of ether oxygens (including phenoxy) is 3. The Morgan fingerprint density at radius 1 is 0.862 bits per heavy atom. The molecule has 0 fully saturated rings. The van der Waals surface area contributed by atoms with E-state index in [2.05, 4.69) is 0 Å². The number of halogens is 2. The summed E-state index contributed by atoms with van der Waals surface area (Å²) >= 11 is 5.89. The molecule has 2 atom stereocenters. The molecule has 0 amide bonds. The van der Waals surface area contributed by atoms with Crippen molar-refractivity contribution in [2.45, 2.75) is 32.4 Å². The number of rotatable bonds is 9. The monoisotopic (exact) mass is 414 g/mol. The maximum absolute atomic E-state index is 14.6. The van der Waals surface area contributed by atoms with Crippen molar-refractivity contribution < 1.29 is 18.6 Å². The Bertz CT molecular complexity index is 897. The molecule has 0 aromatic heterocycles. The van der Waals surface area contributed by atoms with Gasteiger partial charge < -0.3 is 14.2 Å². The van der Waals surface area contributed by atoms with E-state index in [0.29, 0.717) is 23.1 Å². The maximum atomic E-state index is 14.6. The molecule has 0 spiro atoms. The van der Waals surface area contributed by atoms with Crippen LogP contribution < -0.4 is 4.74 Å². The van der Waals surface area contributed by atoms with E-state index in [1.54, 1.807) is 31.4 Å². The Labute approximate surface area is 176 Å². The van der Waals surface area contributed by atoms with Crippen molar-refractivity contribution in [2.75, 3.05) is 7.11 Å². The van der Waals surface area contributed by atoms with Crippen molar-refractivity contribution in [3.8, 4) is 11.5 Å². The van der Waals surface area contributed by atoms with Gasteiger partial charge in [-0.2, -0.15) is 0 Å². The third-order valence-corrected chi connectivity index (χ3v) is 4.82.